The molecule has 3 heterocycles. The Labute approximate surface area is 453 Å². The summed E-state index contributed by atoms with van der Waals surface area (Å²) >= 11 is 0. The third-order valence-corrected chi connectivity index (χ3v) is 28.0. The molecular formula is C54H72F3N3O15S3. The first-order chi connectivity index (χ1) is 36.4. The van der Waals surface area contributed by atoms with Crippen molar-refractivity contribution in [3.05, 3.63) is 0 Å². The monoisotopic (exact) mass is 1160 g/mol. The molecule has 3 saturated heterocycles. The van der Waals surface area contributed by atoms with Gasteiger partial charge in [-0.25, -0.2) is 0 Å². The number of hydrogen-bond acceptors (Lipinski definition) is 15. The standard InChI is InChI=1S/C20H29NO5S.C17H20F3NO5S.C17H23NO5S/c1-4-5-6-27(24,25)26-21-19(22)17-13-8-14(18(17)20(21)23)16-12-7-11(15(13)16)9(2)10(12)3;1-5-6(2)8-3-7(5)11-9-4-10(12(8)11)14-13(9)15(22)21(16(14)23)26-27(24,25)17(18,19)20;1-6-7(2)9-4-8(6)12-10-5-11(13(9)12)15-14(10)16(19)18(17(15)20)23-24(3,21)22/h9-18H,4-8H2,1-3H3;5-14H,3-4H2,1-2H3;6-15H,4-5H2,1-3H3. The Hall–Kier alpha value is -3.06. The lowest BCUT2D eigenvalue weighted by molar-refractivity contribution is -0.170. The van der Waals surface area contributed by atoms with Crippen molar-refractivity contribution in [1.29, 1.82) is 0 Å². The summed E-state index contributed by atoms with van der Waals surface area (Å²) in [6.07, 6.45) is 8.28. The molecule has 30 atom stereocenters. The highest BCUT2D eigenvalue weighted by Crippen LogP contribution is 2.77. The number of amides is 6. The molecule has 0 N–H and O–H groups in total. The lowest BCUT2D eigenvalue weighted by atomic mass is 9.60. The van der Waals surface area contributed by atoms with Crippen LogP contribution in [-0.2, 0) is 72.0 Å². The van der Waals surface area contributed by atoms with Crippen molar-refractivity contribution < 1.29 is 80.0 Å². The minimum absolute atomic E-state index is 0.0615. The predicted octanol–water partition coefficient (Wildman–Crippen LogP) is 5.91. The van der Waals surface area contributed by atoms with E-state index in [0.29, 0.717) is 129 Å². The van der Waals surface area contributed by atoms with Gasteiger partial charge in [0.05, 0.1) is 47.5 Å². The summed E-state index contributed by atoms with van der Waals surface area (Å²) in [6, 6.07) is 0. The molecule has 0 aromatic carbocycles. The Bertz CT molecular complexity index is 2880. The van der Waals surface area contributed by atoms with Crippen LogP contribution in [0.5, 0.6) is 0 Å². The van der Waals surface area contributed by atoms with Crippen LogP contribution in [0, 0.1) is 178 Å². The van der Waals surface area contributed by atoms with Crippen LogP contribution in [0.3, 0.4) is 0 Å². The van der Waals surface area contributed by atoms with E-state index in [2.05, 4.69) is 45.8 Å². The van der Waals surface area contributed by atoms with E-state index >= 15 is 0 Å². The number of rotatable bonds is 9. The van der Waals surface area contributed by atoms with Crippen LogP contribution in [0.4, 0.5) is 13.2 Å². The van der Waals surface area contributed by atoms with E-state index < -0.39 is 83.1 Å². The third-order valence-electron chi connectivity index (χ3n) is 25.5. The van der Waals surface area contributed by atoms with Crippen LogP contribution in [0.2, 0.25) is 0 Å². The lowest BCUT2D eigenvalue weighted by Gasteiger charge is -2.43. The number of halogens is 3. The zero-order valence-corrected chi connectivity index (χ0v) is 47.5. The highest BCUT2D eigenvalue weighted by Gasteiger charge is 2.77. The molecule has 24 heteroatoms. The molecular weight excluding hydrogens is 1080 g/mol. The van der Waals surface area contributed by atoms with Gasteiger partial charge in [0, 0.05) is 0 Å². The number of imide groups is 3. The van der Waals surface area contributed by atoms with Gasteiger partial charge in [-0.1, -0.05) is 54.9 Å². The number of carbonyl (C=O) groups is 6. The maximum Gasteiger partial charge on any atom is 0.525 e. The Balaban J connectivity index is 0.000000111. The summed E-state index contributed by atoms with van der Waals surface area (Å²) in [5, 5.41) is 1.06. The lowest BCUT2D eigenvalue weighted by Crippen LogP contribution is -2.43. The number of alkyl halides is 3. The van der Waals surface area contributed by atoms with Gasteiger partial charge < -0.3 is 0 Å². The van der Waals surface area contributed by atoms with Crippen molar-refractivity contribution in [2.45, 2.75) is 105 Å². The van der Waals surface area contributed by atoms with E-state index in [-0.39, 0.29) is 70.0 Å². The van der Waals surface area contributed by atoms with Crippen LogP contribution >= 0.6 is 0 Å². The van der Waals surface area contributed by atoms with E-state index in [4.69, 9.17) is 8.57 Å². The molecule has 12 aliphatic carbocycles. The maximum absolute atomic E-state index is 13.0. The zero-order chi connectivity index (χ0) is 56.0. The van der Waals surface area contributed by atoms with Crippen LogP contribution in [0.15, 0.2) is 0 Å². The normalized spacial score (nSPS) is 51.7. The highest BCUT2D eigenvalue weighted by atomic mass is 32.2. The fraction of sp³-hybridized carbons (Fsp3) is 0.889. The van der Waals surface area contributed by atoms with Crippen molar-refractivity contribution in [2.75, 3.05) is 12.0 Å². The van der Waals surface area contributed by atoms with E-state index in [1.54, 1.807) is 0 Å². The van der Waals surface area contributed by atoms with Crippen LogP contribution in [-0.4, -0.2) is 93.4 Å². The third kappa shape index (κ3) is 7.14. The fourth-order valence-electron chi connectivity index (χ4n) is 22.9. The number of hydroxylamine groups is 6. The highest BCUT2D eigenvalue weighted by molar-refractivity contribution is 7.87. The maximum atomic E-state index is 13.0. The van der Waals surface area contributed by atoms with Crippen LogP contribution in [0.1, 0.15) is 99.8 Å². The molecule has 12 saturated carbocycles. The predicted molar refractivity (Wildman–Crippen MR) is 264 cm³/mol. The van der Waals surface area contributed by atoms with Gasteiger partial charge in [-0.2, -0.15) is 38.4 Å². The summed E-state index contributed by atoms with van der Waals surface area (Å²) in [7, 11) is -13.8. The second-order valence-electron chi connectivity index (χ2n) is 27.5. The van der Waals surface area contributed by atoms with Crippen molar-refractivity contribution >= 4 is 65.8 Å². The Morgan fingerprint density at radius 3 is 0.872 bits per heavy atom. The van der Waals surface area contributed by atoms with Gasteiger partial charge in [0.25, 0.3) is 55.7 Å². The molecule has 78 heavy (non-hydrogen) atoms. The average Bonchev–Trinajstić information content (AvgIpc) is 2.82. The number of fused-ring (bicyclic) bond motifs is 36. The minimum atomic E-state index is -6.05. The summed E-state index contributed by atoms with van der Waals surface area (Å²) in [5.74, 6) is 4.44. The second kappa shape index (κ2) is 17.5. The number of hydrogen-bond donors (Lipinski definition) is 0. The summed E-state index contributed by atoms with van der Waals surface area (Å²) in [6.45, 7) is 15.6. The molecule has 15 fully saturated rings. The SMILES string of the molecule is CC1C(C)C2CC1C1C3CC(C4C(=O)N(OS(=O)(=O)C(F)(F)F)C(=O)C34)C21.CC1C(C)C2CC1C1C3CC(C4C(=O)N(OS(C)(=O)=O)C(=O)C34)C21.CCCCS(=O)(=O)ON1C(=O)C2C3CC(C2C1=O)C1C2CC(C(C)C2C)C31. The molecule has 0 aromatic heterocycles. The first-order valence-corrected chi connectivity index (χ1v) is 33.7. The number of carbonyl (C=O) groups excluding carboxylic acids is 6. The fourth-order valence-corrected chi connectivity index (χ4v) is 24.8. The van der Waals surface area contributed by atoms with Crippen LogP contribution in [0.25, 0.3) is 0 Å². The van der Waals surface area contributed by atoms with Gasteiger partial charge in [0.15, 0.2) is 0 Å². The van der Waals surface area contributed by atoms with Crippen molar-refractivity contribution in [3.8, 4) is 0 Å². The molecule has 15 aliphatic rings. The van der Waals surface area contributed by atoms with Gasteiger partial charge in [0.2, 0.25) is 0 Å². The molecule has 432 valence electrons. The Kier molecular flexibility index (Phi) is 12.2. The molecule has 0 spiro atoms. The smallest absolute Gasteiger partial charge is 0.272 e. The second-order valence-corrected chi connectivity index (χ2v) is 32.3. The quantitative estimate of drug-likeness (QED) is 0.148. The molecule has 30 unspecified atom stereocenters. The van der Waals surface area contributed by atoms with E-state index in [0.717, 1.165) is 31.9 Å². The minimum Gasteiger partial charge on any atom is -0.272 e. The summed E-state index contributed by atoms with van der Waals surface area (Å²) < 4.78 is 121. The van der Waals surface area contributed by atoms with E-state index in [9.17, 15) is 67.2 Å². The molecule has 6 amide bonds. The van der Waals surface area contributed by atoms with Crippen molar-refractivity contribution in [1.82, 2.24) is 15.2 Å². The van der Waals surface area contributed by atoms with E-state index in [1.165, 1.54) is 12.8 Å². The van der Waals surface area contributed by atoms with Gasteiger partial charge >= 0.3 is 15.6 Å². The van der Waals surface area contributed by atoms with Gasteiger partial charge in [0.1, 0.15) is 0 Å². The number of nitrogens with zero attached hydrogens (tertiary/aromatic N) is 3. The average molecular weight is 1160 g/mol. The first-order valence-electron chi connectivity index (χ1n) is 28.9. The van der Waals surface area contributed by atoms with Gasteiger partial charge in [-0.15, -0.1) is 28.0 Å². The molecule has 12 bridgehead atoms. The molecule has 18 nitrogen and oxygen atoms in total. The first kappa shape index (κ1) is 54.2. The Morgan fingerprint density at radius 2 is 0.641 bits per heavy atom. The van der Waals surface area contributed by atoms with Crippen molar-refractivity contribution in [3.63, 3.8) is 0 Å². The largest absolute Gasteiger partial charge is 0.525 e. The molecule has 15 rings (SSSR count). The zero-order valence-electron chi connectivity index (χ0n) is 45.0. The molecule has 3 aliphatic heterocycles. The van der Waals surface area contributed by atoms with Gasteiger partial charge in [-0.3, -0.25) is 28.8 Å². The molecule has 0 radical (unpaired) electrons. The van der Waals surface area contributed by atoms with Crippen molar-refractivity contribution in [2.24, 2.45) is 178 Å². The Morgan fingerprint density at radius 1 is 0.410 bits per heavy atom. The van der Waals surface area contributed by atoms with E-state index in [1.807, 2.05) is 6.92 Å². The summed E-state index contributed by atoms with van der Waals surface area (Å²) in [4.78, 5) is 76.8. The summed E-state index contributed by atoms with van der Waals surface area (Å²) in [5.41, 5.74) is -5.69. The van der Waals surface area contributed by atoms with Crippen LogP contribution < -0.4 is 0 Å². The molecule has 0 aromatic rings. The number of unbranched alkanes of at least 4 members (excludes halogenated alkanes) is 1. The van der Waals surface area contributed by atoms with Gasteiger partial charge in [-0.05, 0) is 187 Å². The topological polar surface area (TPSA) is 242 Å².